The predicted molar refractivity (Wildman–Crippen MR) is 106 cm³/mol. The molecule has 0 saturated carbocycles. The van der Waals surface area contributed by atoms with Gasteiger partial charge in [-0.15, -0.1) is 0 Å². The van der Waals surface area contributed by atoms with Gasteiger partial charge in [0.2, 0.25) is 0 Å². The largest absolute Gasteiger partial charge is 0.355 e. The third kappa shape index (κ3) is 2.65. The minimum atomic E-state index is 0.0632. The first-order valence-electron chi connectivity index (χ1n) is 9.21. The fraction of sp³-hybridized carbons (Fsp3) is 0.238. The molecule has 0 bridgehead atoms. The highest BCUT2D eigenvalue weighted by molar-refractivity contribution is 6.07. The zero-order chi connectivity index (χ0) is 18.2. The van der Waals surface area contributed by atoms with Crippen LogP contribution < -0.4 is 4.90 Å². The Kier molecular flexibility index (Phi) is 3.81. The lowest BCUT2D eigenvalue weighted by Gasteiger charge is -2.32. The number of rotatable bonds is 3. The van der Waals surface area contributed by atoms with Gasteiger partial charge >= 0.3 is 0 Å². The molecule has 0 aliphatic carbocycles. The molecule has 4 aromatic rings. The molecule has 3 aromatic heterocycles. The van der Waals surface area contributed by atoms with Crippen molar-refractivity contribution in [2.24, 2.45) is 5.92 Å². The zero-order valence-electron chi connectivity index (χ0n) is 14.8. The average molecular weight is 357 g/mol. The average Bonchev–Trinajstić information content (AvgIpc) is 3.22. The summed E-state index contributed by atoms with van der Waals surface area (Å²) in [6.07, 6.45) is 8.36. The monoisotopic (exact) mass is 357 g/mol. The highest BCUT2D eigenvalue weighted by Crippen LogP contribution is 2.37. The van der Waals surface area contributed by atoms with Crippen LogP contribution in [0.3, 0.4) is 0 Å². The molecular formula is C21H19N5O. The fourth-order valence-corrected chi connectivity index (χ4v) is 4.07. The van der Waals surface area contributed by atoms with E-state index in [-0.39, 0.29) is 5.92 Å². The Morgan fingerprint density at radius 2 is 2.07 bits per heavy atom. The molecular weight excluding hydrogens is 338 g/mol. The van der Waals surface area contributed by atoms with Gasteiger partial charge in [-0.25, -0.2) is 15.0 Å². The summed E-state index contributed by atoms with van der Waals surface area (Å²) in [4.78, 5) is 30.3. The molecule has 6 heteroatoms. The molecule has 1 atom stereocenters. The summed E-state index contributed by atoms with van der Waals surface area (Å²) in [6, 6.07) is 10.2. The fourth-order valence-electron chi connectivity index (χ4n) is 4.07. The van der Waals surface area contributed by atoms with Crippen molar-refractivity contribution in [3.8, 4) is 11.1 Å². The van der Waals surface area contributed by atoms with Gasteiger partial charge in [0.1, 0.15) is 24.1 Å². The summed E-state index contributed by atoms with van der Waals surface area (Å²) < 4.78 is 0. The van der Waals surface area contributed by atoms with Gasteiger partial charge in [-0.05, 0) is 42.2 Å². The van der Waals surface area contributed by atoms with Crippen molar-refractivity contribution >= 4 is 34.0 Å². The van der Waals surface area contributed by atoms with Crippen molar-refractivity contribution in [3.05, 3.63) is 49.1 Å². The molecule has 1 saturated heterocycles. The molecule has 0 amide bonds. The molecule has 6 nitrogen and oxygen atoms in total. The predicted octanol–water partition coefficient (Wildman–Crippen LogP) is 3.59. The number of fused-ring (bicyclic) bond motifs is 2. The van der Waals surface area contributed by atoms with Gasteiger partial charge < -0.3 is 14.7 Å². The number of aromatic amines is 1. The molecule has 1 aliphatic heterocycles. The number of aldehydes is 1. The van der Waals surface area contributed by atoms with Crippen LogP contribution in [-0.4, -0.2) is 39.3 Å². The molecule has 4 heterocycles. The van der Waals surface area contributed by atoms with Gasteiger partial charge in [0.25, 0.3) is 0 Å². The lowest BCUT2D eigenvalue weighted by Crippen LogP contribution is -2.36. The van der Waals surface area contributed by atoms with E-state index < -0.39 is 0 Å². The molecule has 0 spiro atoms. The SMILES string of the molecule is O=CC1CCCN(c2ncnc3cccc(-c4ccnc5[nH]ccc45)c23)C1. The summed E-state index contributed by atoms with van der Waals surface area (Å²) in [6.45, 7) is 1.61. The maximum absolute atomic E-state index is 11.3. The Bertz CT molecular complexity index is 1130. The molecule has 1 aliphatic rings. The Morgan fingerprint density at radius 1 is 1.11 bits per heavy atom. The highest BCUT2D eigenvalue weighted by atomic mass is 16.1. The van der Waals surface area contributed by atoms with Crippen molar-refractivity contribution in [2.75, 3.05) is 18.0 Å². The first kappa shape index (κ1) is 15.9. The number of hydrogen-bond donors (Lipinski definition) is 1. The summed E-state index contributed by atoms with van der Waals surface area (Å²) in [5.74, 6) is 0.968. The number of piperidine rings is 1. The number of carbonyl (C=O) groups excluding carboxylic acids is 1. The Balaban J connectivity index is 1.74. The first-order chi connectivity index (χ1) is 13.3. The van der Waals surface area contributed by atoms with E-state index in [9.17, 15) is 4.79 Å². The number of anilines is 1. The molecule has 5 rings (SSSR count). The number of hydrogen-bond acceptors (Lipinski definition) is 5. The minimum absolute atomic E-state index is 0.0632. The van der Waals surface area contributed by atoms with Crippen LogP contribution in [-0.2, 0) is 4.79 Å². The van der Waals surface area contributed by atoms with Crippen LogP contribution in [0.4, 0.5) is 5.82 Å². The maximum Gasteiger partial charge on any atom is 0.140 e. The maximum atomic E-state index is 11.3. The second-order valence-electron chi connectivity index (χ2n) is 6.98. The van der Waals surface area contributed by atoms with Crippen molar-refractivity contribution in [1.82, 2.24) is 19.9 Å². The van der Waals surface area contributed by atoms with Crippen LogP contribution in [0.5, 0.6) is 0 Å². The van der Waals surface area contributed by atoms with Gasteiger partial charge in [0, 0.05) is 36.8 Å². The van der Waals surface area contributed by atoms with Crippen LogP contribution in [0.2, 0.25) is 0 Å². The number of pyridine rings is 1. The van der Waals surface area contributed by atoms with E-state index in [0.717, 1.165) is 64.6 Å². The van der Waals surface area contributed by atoms with Gasteiger partial charge in [-0.1, -0.05) is 12.1 Å². The number of nitrogens with one attached hydrogen (secondary N) is 1. The van der Waals surface area contributed by atoms with E-state index in [1.807, 2.05) is 36.7 Å². The second-order valence-corrected chi connectivity index (χ2v) is 6.98. The molecule has 1 unspecified atom stereocenters. The van der Waals surface area contributed by atoms with E-state index in [1.165, 1.54) is 0 Å². The molecule has 1 fully saturated rings. The van der Waals surface area contributed by atoms with Crippen molar-refractivity contribution in [1.29, 1.82) is 0 Å². The Labute approximate surface area is 156 Å². The van der Waals surface area contributed by atoms with Crippen LogP contribution in [0.15, 0.2) is 49.1 Å². The van der Waals surface area contributed by atoms with Crippen molar-refractivity contribution < 1.29 is 4.79 Å². The smallest absolute Gasteiger partial charge is 0.140 e. The quantitative estimate of drug-likeness (QED) is 0.567. The Morgan fingerprint density at radius 3 is 3.00 bits per heavy atom. The molecule has 27 heavy (non-hydrogen) atoms. The van der Waals surface area contributed by atoms with Gasteiger partial charge in [-0.3, -0.25) is 0 Å². The van der Waals surface area contributed by atoms with Crippen molar-refractivity contribution in [3.63, 3.8) is 0 Å². The van der Waals surface area contributed by atoms with E-state index in [1.54, 1.807) is 6.33 Å². The topological polar surface area (TPSA) is 74.8 Å². The minimum Gasteiger partial charge on any atom is -0.355 e. The summed E-state index contributed by atoms with van der Waals surface area (Å²) in [7, 11) is 0. The van der Waals surface area contributed by atoms with E-state index in [2.05, 4.69) is 30.9 Å². The molecule has 0 radical (unpaired) electrons. The van der Waals surface area contributed by atoms with Crippen LogP contribution in [0.1, 0.15) is 12.8 Å². The third-order valence-electron chi connectivity index (χ3n) is 5.34. The van der Waals surface area contributed by atoms with E-state index in [4.69, 9.17) is 0 Å². The number of carbonyl (C=O) groups is 1. The first-order valence-corrected chi connectivity index (χ1v) is 9.21. The molecule has 134 valence electrons. The van der Waals surface area contributed by atoms with E-state index >= 15 is 0 Å². The zero-order valence-corrected chi connectivity index (χ0v) is 14.8. The Hall–Kier alpha value is -3.28. The summed E-state index contributed by atoms with van der Waals surface area (Å²) in [5.41, 5.74) is 3.96. The normalized spacial score (nSPS) is 17.5. The van der Waals surface area contributed by atoms with Crippen LogP contribution in [0, 0.1) is 5.92 Å². The number of aromatic nitrogens is 4. The number of nitrogens with zero attached hydrogens (tertiary/aromatic N) is 4. The summed E-state index contributed by atoms with van der Waals surface area (Å²) >= 11 is 0. The van der Waals surface area contributed by atoms with E-state index in [0.29, 0.717) is 6.54 Å². The number of H-pyrrole nitrogens is 1. The van der Waals surface area contributed by atoms with Gasteiger partial charge in [-0.2, -0.15) is 0 Å². The number of benzene rings is 1. The molecule has 1 N–H and O–H groups in total. The summed E-state index contributed by atoms with van der Waals surface area (Å²) in [5, 5.41) is 2.10. The molecule has 1 aromatic carbocycles. The van der Waals surface area contributed by atoms with Crippen LogP contribution >= 0.6 is 0 Å². The van der Waals surface area contributed by atoms with Crippen molar-refractivity contribution in [2.45, 2.75) is 12.8 Å². The van der Waals surface area contributed by atoms with Gasteiger partial charge in [0.15, 0.2) is 0 Å². The van der Waals surface area contributed by atoms with Crippen LogP contribution in [0.25, 0.3) is 33.1 Å². The van der Waals surface area contributed by atoms with Gasteiger partial charge in [0.05, 0.1) is 10.9 Å². The highest BCUT2D eigenvalue weighted by Gasteiger charge is 2.23. The lowest BCUT2D eigenvalue weighted by molar-refractivity contribution is -0.111. The lowest BCUT2D eigenvalue weighted by atomic mass is 9.96. The third-order valence-corrected chi connectivity index (χ3v) is 5.34. The standard InChI is InChI=1S/C21H19N5O/c27-12-14-3-2-10-26(11-14)21-19-16(4-1-5-18(19)24-13-25-21)15-6-8-22-20-17(15)7-9-23-20/h1,4-9,12-14H,2-3,10-11H2,(H,22,23). The second kappa shape index (κ2) is 6.46.